The summed E-state index contributed by atoms with van der Waals surface area (Å²) in [4.78, 5) is 0. The number of benzene rings is 1. The average molecular weight is 282 g/mol. The second-order valence-corrected chi connectivity index (χ2v) is 5.91. The van der Waals surface area contributed by atoms with Crippen molar-refractivity contribution in [3.63, 3.8) is 0 Å². The first-order valence-corrected chi connectivity index (χ1v) is 7.71. The van der Waals surface area contributed by atoms with Crippen LogP contribution in [0.1, 0.15) is 44.6 Å². The van der Waals surface area contributed by atoms with Gasteiger partial charge in [-0.25, -0.2) is 0 Å². The quantitative estimate of drug-likeness (QED) is 0.872. The summed E-state index contributed by atoms with van der Waals surface area (Å²) in [5.41, 5.74) is 1.29. The van der Waals surface area contributed by atoms with E-state index in [0.717, 1.165) is 36.9 Å². The van der Waals surface area contributed by atoms with Gasteiger partial charge in [0.15, 0.2) is 0 Å². The van der Waals surface area contributed by atoms with Crippen molar-refractivity contribution in [2.75, 3.05) is 19.7 Å². The summed E-state index contributed by atoms with van der Waals surface area (Å²) in [5.74, 6) is 2.04. The highest BCUT2D eigenvalue weighted by molar-refractivity contribution is 6.32. The number of piperidine rings is 1. The lowest BCUT2D eigenvalue weighted by molar-refractivity contribution is 0.215. The number of hydrogen-bond donors (Lipinski definition) is 1. The second-order valence-electron chi connectivity index (χ2n) is 5.50. The van der Waals surface area contributed by atoms with Gasteiger partial charge in [-0.2, -0.15) is 0 Å². The Labute approximate surface area is 121 Å². The molecule has 1 aromatic rings. The number of rotatable bonds is 5. The molecule has 1 atom stereocenters. The van der Waals surface area contributed by atoms with E-state index >= 15 is 0 Å². The van der Waals surface area contributed by atoms with Crippen molar-refractivity contribution < 1.29 is 4.74 Å². The predicted molar refractivity (Wildman–Crippen MR) is 81.2 cm³/mol. The molecule has 2 nitrogen and oxygen atoms in total. The molecule has 0 radical (unpaired) electrons. The van der Waals surface area contributed by atoms with Crippen molar-refractivity contribution in [2.24, 2.45) is 5.92 Å². The minimum Gasteiger partial charge on any atom is -0.492 e. The summed E-state index contributed by atoms with van der Waals surface area (Å²) in [7, 11) is 0. The molecule has 2 rings (SSSR count). The van der Waals surface area contributed by atoms with E-state index in [1.807, 2.05) is 12.1 Å². The SMILES string of the molecule is CC[C@@H](C)c1ccc(OCC2CCNCC2)c(Cl)c1. The molecule has 1 fully saturated rings. The molecule has 0 spiro atoms. The molecule has 1 N–H and O–H groups in total. The predicted octanol–water partition coefficient (Wildman–Crippen LogP) is 4.23. The summed E-state index contributed by atoms with van der Waals surface area (Å²) in [6.07, 6.45) is 3.52. The van der Waals surface area contributed by atoms with E-state index in [9.17, 15) is 0 Å². The van der Waals surface area contributed by atoms with Crippen molar-refractivity contribution in [1.82, 2.24) is 5.32 Å². The van der Waals surface area contributed by atoms with Crippen LogP contribution in [-0.2, 0) is 0 Å². The summed E-state index contributed by atoms with van der Waals surface area (Å²) in [6, 6.07) is 6.20. The van der Waals surface area contributed by atoms with Gasteiger partial charge in [-0.05, 0) is 61.9 Å². The van der Waals surface area contributed by atoms with Gasteiger partial charge in [0, 0.05) is 0 Å². The minimum absolute atomic E-state index is 0.552. The van der Waals surface area contributed by atoms with Gasteiger partial charge in [-0.1, -0.05) is 31.5 Å². The molecular formula is C16H24ClNO. The molecule has 1 aliphatic heterocycles. The van der Waals surface area contributed by atoms with Crippen LogP contribution >= 0.6 is 11.6 Å². The van der Waals surface area contributed by atoms with Crippen LogP contribution in [0.3, 0.4) is 0 Å². The standard InChI is InChI=1S/C16H24ClNO/c1-3-12(2)14-4-5-16(15(17)10-14)19-11-13-6-8-18-9-7-13/h4-5,10,12-13,18H,3,6-9,11H2,1-2H3/t12-/m1/s1. The highest BCUT2D eigenvalue weighted by atomic mass is 35.5. The van der Waals surface area contributed by atoms with Crippen LogP contribution in [0, 0.1) is 5.92 Å². The van der Waals surface area contributed by atoms with E-state index in [4.69, 9.17) is 16.3 Å². The lowest BCUT2D eigenvalue weighted by Gasteiger charge is -2.23. The third-order valence-corrected chi connectivity index (χ3v) is 4.37. The molecule has 0 aromatic heterocycles. The molecule has 1 heterocycles. The maximum atomic E-state index is 6.31. The van der Waals surface area contributed by atoms with Crippen LogP contribution in [0.25, 0.3) is 0 Å². The molecule has 0 saturated carbocycles. The molecule has 3 heteroatoms. The molecule has 106 valence electrons. The Morgan fingerprint density at radius 3 is 2.74 bits per heavy atom. The normalized spacial score (nSPS) is 18.3. The molecule has 1 saturated heterocycles. The van der Waals surface area contributed by atoms with Gasteiger partial charge >= 0.3 is 0 Å². The van der Waals surface area contributed by atoms with Crippen LogP contribution in [0.15, 0.2) is 18.2 Å². The fourth-order valence-electron chi connectivity index (χ4n) is 2.43. The summed E-state index contributed by atoms with van der Waals surface area (Å²) in [6.45, 7) is 7.41. The topological polar surface area (TPSA) is 21.3 Å². The van der Waals surface area contributed by atoms with Gasteiger partial charge in [-0.15, -0.1) is 0 Å². The van der Waals surface area contributed by atoms with Crippen LogP contribution in [0.4, 0.5) is 0 Å². The van der Waals surface area contributed by atoms with Crippen molar-refractivity contribution in [3.8, 4) is 5.75 Å². The second kappa shape index (κ2) is 7.16. The summed E-state index contributed by atoms with van der Waals surface area (Å²) < 4.78 is 5.88. The Bertz CT molecular complexity index is 402. The van der Waals surface area contributed by atoms with E-state index < -0.39 is 0 Å². The Balaban J connectivity index is 1.93. The molecule has 1 aromatic carbocycles. The van der Waals surface area contributed by atoms with Gasteiger partial charge < -0.3 is 10.1 Å². The maximum absolute atomic E-state index is 6.31. The minimum atomic E-state index is 0.552. The van der Waals surface area contributed by atoms with Gasteiger partial charge in [0.1, 0.15) is 5.75 Å². The zero-order valence-electron chi connectivity index (χ0n) is 11.9. The van der Waals surface area contributed by atoms with Crippen molar-refractivity contribution in [3.05, 3.63) is 28.8 Å². The zero-order valence-corrected chi connectivity index (χ0v) is 12.7. The number of nitrogens with one attached hydrogen (secondary N) is 1. The van der Waals surface area contributed by atoms with Crippen LogP contribution in [0.2, 0.25) is 5.02 Å². The van der Waals surface area contributed by atoms with E-state index in [0.29, 0.717) is 11.8 Å². The van der Waals surface area contributed by atoms with Crippen molar-refractivity contribution >= 4 is 11.6 Å². The molecule has 1 aliphatic rings. The first-order valence-electron chi connectivity index (χ1n) is 7.33. The molecule has 0 unspecified atom stereocenters. The lowest BCUT2D eigenvalue weighted by Crippen LogP contribution is -2.30. The Kier molecular flexibility index (Phi) is 5.53. The van der Waals surface area contributed by atoms with Crippen LogP contribution in [0.5, 0.6) is 5.75 Å². The van der Waals surface area contributed by atoms with Gasteiger partial charge in [0.25, 0.3) is 0 Å². The Morgan fingerprint density at radius 1 is 1.37 bits per heavy atom. The first kappa shape index (κ1) is 14.7. The van der Waals surface area contributed by atoms with Crippen molar-refractivity contribution in [2.45, 2.75) is 39.0 Å². The van der Waals surface area contributed by atoms with E-state index in [-0.39, 0.29) is 0 Å². The van der Waals surface area contributed by atoms with Crippen molar-refractivity contribution in [1.29, 1.82) is 0 Å². The van der Waals surface area contributed by atoms with Crippen LogP contribution < -0.4 is 10.1 Å². The molecule has 0 aliphatic carbocycles. The van der Waals surface area contributed by atoms with E-state index in [1.165, 1.54) is 18.4 Å². The van der Waals surface area contributed by atoms with E-state index in [2.05, 4.69) is 25.2 Å². The largest absolute Gasteiger partial charge is 0.492 e. The van der Waals surface area contributed by atoms with Gasteiger partial charge in [0.2, 0.25) is 0 Å². The smallest absolute Gasteiger partial charge is 0.137 e. The Morgan fingerprint density at radius 2 is 2.11 bits per heavy atom. The highest BCUT2D eigenvalue weighted by Gasteiger charge is 2.14. The average Bonchev–Trinajstić information content (AvgIpc) is 2.46. The molecule has 0 amide bonds. The number of hydrogen-bond acceptors (Lipinski definition) is 2. The third-order valence-electron chi connectivity index (χ3n) is 4.07. The van der Waals surface area contributed by atoms with Gasteiger partial charge in [0.05, 0.1) is 11.6 Å². The first-order chi connectivity index (χ1) is 9.20. The molecular weight excluding hydrogens is 258 g/mol. The molecule has 19 heavy (non-hydrogen) atoms. The van der Waals surface area contributed by atoms with Gasteiger partial charge in [-0.3, -0.25) is 0 Å². The monoisotopic (exact) mass is 281 g/mol. The lowest BCUT2D eigenvalue weighted by atomic mass is 9.98. The highest BCUT2D eigenvalue weighted by Crippen LogP contribution is 2.30. The summed E-state index contributed by atoms with van der Waals surface area (Å²) >= 11 is 6.31. The third kappa shape index (κ3) is 4.12. The molecule has 0 bridgehead atoms. The fraction of sp³-hybridized carbons (Fsp3) is 0.625. The number of ether oxygens (including phenoxy) is 1. The Hall–Kier alpha value is -0.730. The number of halogens is 1. The van der Waals surface area contributed by atoms with E-state index in [1.54, 1.807) is 0 Å². The fourth-order valence-corrected chi connectivity index (χ4v) is 2.68. The van der Waals surface area contributed by atoms with Crippen LogP contribution in [-0.4, -0.2) is 19.7 Å². The zero-order chi connectivity index (χ0) is 13.7. The summed E-state index contributed by atoms with van der Waals surface area (Å²) in [5, 5.41) is 4.11. The maximum Gasteiger partial charge on any atom is 0.137 e.